The van der Waals surface area contributed by atoms with Gasteiger partial charge >= 0.3 is 0 Å². The highest BCUT2D eigenvalue weighted by molar-refractivity contribution is 5.61. The lowest BCUT2D eigenvalue weighted by Gasteiger charge is -2.25. The average molecular weight is 291 g/mol. The third-order valence-corrected chi connectivity index (χ3v) is 3.25. The summed E-state index contributed by atoms with van der Waals surface area (Å²) < 4.78 is 0. The monoisotopic (exact) mass is 291 g/mol. The van der Waals surface area contributed by atoms with E-state index in [1.807, 2.05) is 6.07 Å². The van der Waals surface area contributed by atoms with Gasteiger partial charge in [0.25, 0.3) is 5.69 Å². The Hall–Kier alpha value is -2.13. The zero-order valence-corrected chi connectivity index (χ0v) is 12.6. The Balaban J connectivity index is 2.75. The highest BCUT2D eigenvalue weighted by Crippen LogP contribution is 2.23. The van der Waals surface area contributed by atoms with E-state index in [2.05, 4.69) is 19.2 Å². The van der Waals surface area contributed by atoms with Crippen molar-refractivity contribution in [3.63, 3.8) is 0 Å². The van der Waals surface area contributed by atoms with Crippen molar-refractivity contribution in [2.45, 2.75) is 39.2 Å². The van der Waals surface area contributed by atoms with Crippen LogP contribution in [0.4, 0.5) is 11.4 Å². The molecule has 0 aliphatic heterocycles. The van der Waals surface area contributed by atoms with Crippen LogP contribution in [0.5, 0.6) is 0 Å². The van der Waals surface area contributed by atoms with E-state index in [4.69, 9.17) is 5.26 Å². The Morgan fingerprint density at radius 2 is 2.19 bits per heavy atom. The van der Waals surface area contributed by atoms with Gasteiger partial charge in [0.15, 0.2) is 0 Å². The molecule has 0 fully saturated rings. The van der Waals surface area contributed by atoms with Crippen LogP contribution in [-0.4, -0.2) is 22.2 Å². The molecule has 0 radical (unpaired) electrons. The minimum Gasteiger partial charge on any atom is -0.388 e. The Morgan fingerprint density at radius 3 is 2.71 bits per heavy atom. The Labute approximate surface area is 124 Å². The molecule has 2 N–H and O–H groups in total. The molecule has 0 heterocycles. The number of aliphatic hydroxyl groups is 1. The van der Waals surface area contributed by atoms with Crippen LogP contribution in [0.2, 0.25) is 0 Å². The van der Waals surface area contributed by atoms with Gasteiger partial charge in [-0.05, 0) is 31.7 Å². The number of nitrogens with one attached hydrogen (secondary N) is 1. The maximum Gasteiger partial charge on any atom is 0.270 e. The van der Waals surface area contributed by atoms with Gasteiger partial charge in [-0.3, -0.25) is 10.1 Å². The molecule has 0 saturated heterocycles. The molecule has 1 aromatic rings. The van der Waals surface area contributed by atoms with Crippen LogP contribution in [0, 0.1) is 27.4 Å². The smallest absolute Gasteiger partial charge is 0.270 e. The molecule has 1 unspecified atom stereocenters. The third-order valence-electron chi connectivity index (χ3n) is 3.25. The van der Waals surface area contributed by atoms with Crippen molar-refractivity contribution < 1.29 is 10.0 Å². The van der Waals surface area contributed by atoms with Crippen molar-refractivity contribution in [2.24, 2.45) is 5.92 Å². The molecule has 0 aliphatic carbocycles. The van der Waals surface area contributed by atoms with E-state index in [1.165, 1.54) is 18.2 Å². The van der Waals surface area contributed by atoms with Crippen molar-refractivity contribution in [3.8, 4) is 6.07 Å². The van der Waals surface area contributed by atoms with Gasteiger partial charge in [0.05, 0.1) is 21.8 Å². The van der Waals surface area contributed by atoms with Crippen LogP contribution < -0.4 is 5.32 Å². The van der Waals surface area contributed by atoms with Crippen LogP contribution in [0.25, 0.3) is 0 Å². The third kappa shape index (κ3) is 5.40. The van der Waals surface area contributed by atoms with E-state index in [9.17, 15) is 15.2 Å². The molecule has 0 saturated carbocycles. The minimum atomic E-state index is -0.890. The summed E-state index contributed by atoms with van der Waals surface area (Å²) in [6.07, 6.45) is 1.55. The van der Waals surface area contributed by atoms with E-state index in [0.717, 1.165) is 6.42 Å². The first-order valence-electron chi connectivity index (χ1n) is 6.90. The van der Waals surface area contributed by atoms with Gasteiger partial charge in [0, 0.05) is 18.7 Å². The number of non-ortho nitro benzene ring substituents is 1. The number of anilines is 1. The first kappa shape index (κ1) is 16.9. The Morgan fingerprint density at radius 1 is 1.52 bits per heavy atom. The van der Waals surface area contributed by atoms with Gasteiger partial charge in [-0.1, -0.05) is 13.8 Å². The molecule has 0 spiro atoms. The first-order valence-corrected chi connectivity index (χ1v) is 6.90. The van der Waals surface area contributed by atoms with Crippen molar-refractivity contribution in [3.05, 3.63) is 33.9 Å². The Bertz CT molecular complexity index is 548. The number of nitrogens with zero attached hydrogens (tertiary/aromatic N) is 2. The molecule has 6 nitrogen and oxygen atoms in total. The number of hydrogen-bond acceptors (Lipinski definition) is 5. The molecule has 1 aromatic carbocycles. The van der Waals surface area contributed by atoms with E-state index < -0.39 is 10.5 Å². The quantitative estimate of drug-likeness (QED) is 0.594. The van der Waals surface area contributed by atoms with Crippen LogP contribution in [0.3, 0.4) is 0 Å². The standard InChI is InChI=1S/C15H21N3O3/c1-11(2)6-7-15(3,19)10-17-14-5-4-13(18(20)21)8-12(14)9-16/h4-5,8,11,17,19H,6-7,10H2,1-3H3. The molecule has 0 aliphatic rings. The van der Waals surface area contributed by atoms with Gasteiger partial charge in [-0.25, -0.2) is 0 Å². The lowest BCUT2D eigenvalue weighted by molar-refractivity contribution is -0.384. The predicted molar refractivity (Wildman–Crippen MR) is 81.0 cm³/mol. The molecular weight excluding hydrogens is 270 g/mol. The molecule has 114 valence electrons. The van der Waals surface area contributed by atoms with Gasteiger partial charge in [0.2, 0.25) is 0 Å². The van der Waals surface area contributed by atoms with Gasteiger partial charge in [-0.2, -0.15) is 5.26 Å². The molecule has 1 atom stereocenters. The largest absolute Gasteiger partial charge is 0.388 e. The molecule has 21 heavy (non-hydrogen) atoms. The lowest BCUT2D eigenvalue weighted by Crippen LogP contribution is -2.33. The second kappa shape index (κ2) is 7.04. The molecular formula is C15H21N3O3. The van der Waals surface area contributed by atoms with Gasteiger partial charge in [-0.15, -0.1) is 0 Å². The SMILES string of the molecule is CC(C)CCC(C)(O)CNc1ccc([N+](=O)[O-])cc1C#N. The Kier molecular flexibility index (Phi) is 5.68. The summed E-state index contributed by atoms with van der Waals surface area (Å²) >= 11 is 0. The number of nitro groups is 1. The van der Waals surface area contributed by atoms with Crippen LogP contribution in [-0.2, 0) is 0 Å². The fourth-order valence-corrected chi connectivity index (χ4v) is 1.87. The zero-order chi connectivity index (χ0) is 16.0. The van der Waals surface area contributed by atoms with Crippen molar-refractivity contribution in [1.82, 2.24) is 0 Å². The first-order chi connectivity index (χ1) is 9.75. The molecule has 0 aromatic heterocycles. The second-order valence-electron chi connectivity index (χ2n) is 5.88. The maximum atomic E-state index is 10.7. The summed E-state index contributed by atoms with van der Waals surface area (Å²) in [5, 5.41) is 33.0. The summed E-state index contributed by atoms with van der Waals surface area (Å²) in [7, 11) is 0. The van der Waals surface area contributed by atoms with Crippen LogP contribution >= 0.6 is 0 Å². The van der Waals surface area contributed by atoms with Gasteiger partial charge in [0.1, 0.15) is 6.07 Å². The summed E-state index contributed by atoms with van der Waals surface area (Å²) in [6, 6.07) is 5.99. The maximum absolute atomic E-state index is 10.7. The van der Waals surface area contributed by atoms with Crippen molar-refractivity contribution >= 4 is 11.4 Å². The highest BCUT2D eigenvalue weighted by atomic mass is 16.6. The zero-order valence-electron chi connectivity index (χ0n) is 12.6. The van der Waals surface area contributed by atoms with E-state index in [-0.39, 0.29) is 17.8 Å². The number of benzene rings is 1. The second-order valence-corrected chi connectivity index (χ2v) is 5.88. The van der Waals surface area contributed by atoms with Crippen LogP contribution in [0.15, 0.2) is 18.2 Å². The predicted octanol–water partition coefficient (Wildman–Crippen LogP) is 3.07. The fraction of sp³-hybridized carbons (Fsp3) is 0.533. The lowest BCUT2D eigenvalue weighted by atomic mass is 9.95. The average Bonchev–Trinajstić information content (AvgIpc) is 2.43. The van der Waals surface area contributed by atoms with Crippen molar-refractivity contribution in [1.29, 1.82) is 5.26 Å². The highest BCUT2D eigenvalue weighted by Gasteiger charge is 2.21. The fourth-order valence-electron chi connectivity index (χ4n) is 1.87. The van der Waals surface area contributed by atoms with Gasteiger partial charge < -0.3 is 10.4 Å². The van der Waals surface area contributed by atoms with Crippen molar-refractivity contribution in [2.75, 3.05) is 11.9 Å². The molecule has 6 heteroatoms. The minimum absolute atomic E-state index is 0.122. The number of nitriles is 1. The molecule has 0 amide bonds. The number of rotatable bonds is 7. The molecule has 1 rings (SSSR count). The summed E-state index contributed by atoms with van der Waals surface area (Å²) in [4.78, 5) is 10.1. The molecule has 0 bridgehead atoms. The normalized spacial score (nSPS) is 13.5. The summed E-state index contributed by atoms with van der Waals surface area (Å²) in [5.41, 5.74) is -0.320. The number of nitro benzene ring substituents is 1. The van der Waals surface area contributed by atoms with E-state index >= 15 is 0 Å². The van der Waals surface area contributed by atoms with Crippen LogP contribution in [0.1, 0.15) is 39.2 Å². The topological polar surface area (TPSA) is 99.2 Å². The number of hydrogen-bond donors (Lipinski definition) is 2. The summed E-state index contributed by atoms with van der Waals surface area (Å²) in [6.45, 7) is 6.20. The van der Waals surface area contributed by atoms with E-state index in [1.54, 1.807) is 6.92 Å². The van der Waals surface area contributed by atoms with E-state index in [0.29, 0.717) is 18.0 Å². The summed E-state index contributed by atoms with van der Waals surface area (Å²) in [5.74, 6) is 0.505.